The number of ketones is 1. The van der Waals surface area contributed by atoms with E-state index in [0.29, 0.717) is 12.2 Å². The fourth-order valence-corrected chi connectivity index (χ4v) is 1.88. The molecule has 0 spiro atoms. The number of benzene rings is 1. The van der Waals surface area contributed by atoms with Crippen LogP contribution in [0.3, 0.4) is 0 Å². The predicted octanol–water partition coefficient (Wildman–Crippen LogP) is 3.05. The van der Waals surface area contributed by atoms with Gasteiger partial charge in [0, 0.05) is 6.42 Å². The van der Waals surface area contributed by atoms with Gasteiger partial charge in [-0.25, -0.2) is 0 Å². The van der Waals surface area contributed by atoms with Crippen molar-refractivity contribution in [3.8, 4) is 5.75 Å². The molecule has 1 atom stereocenters. The topological polar surface area (TPSA) is 26.3 Å². The smallest absolute Gasteiger partial charge is 0.145 e. The minimum atomic E-state index is -0.321. The lowest BCUT2D eigenvalue weighted by Gasteiger charge is -2.42. The number of ether oxygens (including phenoxy) is 1. The first-order valence-corrected chi connectivity index (χ1v) is 5.68. The summed E-state index contributed by atoms with van der Waals surface area (Å²) in [5.74, 6) is 1.16. The maximum Gasteiger partial charge on any atom is 0.145 e. The first-order chi connectivity index (χ1) is 7.41. The zero-order chi connectivity index (χ0) is 11.9. The summed E-state index contributed by atoms with van der Waals surface area (Å²) in [5.41, 5.74) is 2.16. The third-order valence-corrected chi connectivity index (χ3v) is 3.65. The fourth-order valence-electron chi connectivity index (χ4n) is 1.88. The molecule has 1 aliphatic rings. The highest BCUT2D eigenvalue weighted by atomic mass is 16.5. The van der Waals surface area contributed by atoms with Crippen LogP contribution in [0.2, 0.25) is 0 Å². The molecule has 1 aromatic carbocycles. The molecule has 1 aliphatic carbocycles. The van der Waals surface area contributed by atoms with Gasteiger partial charge in [-0.15, -0.1) is 0 Å². The quantitative estimate of drug-likeness (QED) is 0.762. The molecule has 2 heteroatoms. The molecule has 0 aliphatic heterocycles. The molecule has 0 aromatic heterocycles. The highest BCUT2D eigenvalue weighted by Gasteiger charge is 2.49. The van der Waals surface area contributed by atoms with Crippen LogP contribution in [0.1, 0.15) is 31.4 Å². The van der Waals surface area contributed by atoms with Gasteiger partial charge in [0.15, 0.2) is 0 Å². The molecule has 0 saturated heterocycles. The molecule has 0 heterocycles. The first kappa shape index (κ1) is 11.2. The minimum absolute atomic E-state index is 0.0297. The molecule has 1 fully saturated rings. The van der Waals surface area contributed by atoms with E-state index in [1.54, 1.807) is 0 Å². The fraction of sp³-hybridized carbons (Fsp3) is 0.500. The molecule has 0 N–H and O–H groups in total. The Morgan fingerprint density at radius 2 is 1.94 bits per heavy atom. The Morgan fingerprint density at radius 1 is 1.25 bits per heavy atom. The zero-order valence-electron chi connectivity index (χ0n) is 10.3. The number of hydrogen-bond donors (Lipinski definition) is 0. The third-order valence-electron chi connectivity index (χ3n) is 3.65. The lowest BCUT2D eigenvalue weighted by atomic mass is 9.68. The molecular weight excluding hydrogens is 200 g/mol. The molecule has 86 valence electrons. The van der Waals surface area contributed by atoms with Crippen LogP contribution < -0.4 is 4.74 Å². The molecule has 1 unspecified atom stereocenters. The predicted molar refractivity (Wildman–Crippen MR) is 63.7 cm³/mol. The first-order valence-electron chi connectivity index (χ1n) is 5.68. The summed E-state index contributed by atoms with van der Waals surface area (Å²) >= 11 is 0. The maximum atomic E-state index is 11.4. The van der Waals surface area contributed by atoms with Crippen molar-refractivity contribution in [3.63, 3.8) is 0 Å². The Bertz CT molecular complexity index is 432. The minimum Gasteiger partial charge on any atom is -0.489 e. The summed E-state index contributed by atoms with van der Waals surface area (Å²) in [4.78, 5) is 11.4. The second-order valence-electron chi connectivity index (χ2n) is 5.20. The van der Waals surface area contributed by atoms with Crippen LogP contribution in [0.4, 0.5) is 0 Å². The van der Waals surface area contributed by atoms with E-state index in [9.17, 15) is 4.79 Å². The average molecular weight is 218 g/mol. The van der Waals surface area contributed by atoms with Crippen LogP contribution >= 0.6 is 0 Å². The molecule has 16 heavy (non-hydrogen) atoms. The van der Waals surface area contributed by atoms with E-state index >= 15 is 0 Å². The Balaban J connectivity index is 2.11. The molecule has 2 nitrogen and oxygen atoms in total. The van der Waals surface area contributed by atoms with E-state index in [-0.39, 0.29) is 11.5 Å². The zero-order valence-corrected chi connectivity index (χ0v) is 10.3. The SMILES string of the molecule is Cc1ccc(OC2CC(=O)C2(C)C)cc1C. The van der Waals surface area contributed by atoms with Gasteiger partial charge >= 0.3 is 0 Å². The number of Topliss-reactive ketones (excluding diaryl/α,β-unsaturated/α-hetero) is 1. The van der Waals surface area contributed by atoms with E-state index in [1.165, 1.54) is 11.1 Å². The van der Waals surface area contributed by atoms with E-state index in [4.69, 9.17) is 4.74 Å². The Kier molecular flexibility index (Phi) is 2.53. The molecule has 0 bridgehead atoms. The van der Waals surface area contributed by atoms with E-state index in [0.717, 1.165) is 5.75 Å². The molecule has 1 saturated carbocycles. The number of aryl methyl sites for hydroxylation is 2. The second-order valence-corrected chi connectivity index (χ2v) is 5.20. The van der Waals surface area contributed by atoms with Crippen LogP contribution in [0, 0.1) is 19.3 Å². The van der Waals surface area contributed by atoms with Crippen LogP contribution in [0.5, 0.6) is 5.75 Å². The van der Waals surface area contributed by atoms with Gasteiger partial charge in [-0.2, -0.15) is 0 Å². The van der Waals surface area contributed by atoms with Gasteiger partial charge in [0.1, 0.15) is 17.6 Å². The summed E-state index contributed by atoms with van der Waals surface area (Å²) in [6, 6.07) is 6.06. The number of carbonyl (C=O) groups is 1. The number of carbonyl (C=O) groups excluding carboxylic acids is 1. The Labute approximate surface area is 96.6 Å². The van der Waals surface area contributed by atoms with Gasteiger partial charge in [-0.1, -0.05) is 6.07 Å². The summed E-state index contributed by atoms with van der Waals surface area (Å²) in [6.07, 6.45) is 0.571. The Hall–Kier alpha value is -1.31. The van der Waals surface area contributed by atoms with Gasteiger partial charge in [-0.3, -0.25) is 4.79 Å². The van der Waals surface area contributed by atoms with Crippen molar-refractivity contribution in [1.82, 2.24) is 0 Å². The van der Waals surface area contributed by atoms with Crippen molar-refractivity contribution in [2.45, 2.75) is 40.2 Å². The van der Waals surface area contributed by atoms with Crippen molar-refractivity contribution in [2.75, 3.05) is 0 Å². The monoisotopic (exact) mass is 218 g/mol. The van der Waals surface area contributed by atoms with E-state index in [2.05, 4.69) is 19.9 Å². The van der Waals surface area contributed by atoms with Crippen molar-refractivity contribution in [1.29, 1.82) is 0 Å². The molecule has 0 radical (unpaired) electrons. The molecule has 1 aromatic rings. The van der Waals surface area contributed by atoms with Gasteiger partial charge in [-0.05, 0) is 51.0 Å². The van der Waals surface area contributed by atoms with Gasteiger partial charge < -0.3 is 4.74 Å². The standard InChI is InChI=1S/C14H18O2/c1-9-5-6-11(7-10(9)2)16-13-8-12(15)14(13,3)4/h5-7,13H,8H2,1-4H3. The highest BCUT2D eigenvalue weighted by molar-refractivity contribution is 5.91. The van der Waals surface area contributed by atoms with Crippen molar-refractivity contribution in [3.05, 3.63) is 29.3 Å². The van der Waals surface area contributed by atoms with Crippen LogP contribution in [-0.2, 0) is 4.79 Å². The molecule has 0 amide bonds. The third kappa shape index (κ3) is 1.73. The van der Waals surface area contributed by atoms with E-state index < -0.39 is 0 Å². The Morgan fingerprint density at radius 3 is 2.44 bits per heavy atom. The molecule has 2 rings (SSSR count). The summed E-state index contributed by atoms with van der Waals surface area (Å²) in [5, 5.41) is 0. The molecular formula is C14H18O2. The summed E-state index contributed by atoms with van der Waals surface area (Å²) in [7, 11) is 0. The average Bonchev–Trinajstić information content (AvgIpc) is 2.23. The van der Waals surface area contributed by atoms with Crippen LogP contribution in [-0.4, -0.2) is 11.9 Å². The lowest BCUT2D eigenvalue weighted by molar-refractivity contribution is -0.148. The number of hydrogen-bond acceptors (Lipinski definition) is 2. The van der Waals surface area contributed by atoms with Gasteiger partial charge in [0.05, 0.1) is 5.41 Å². The lowest BCUT2D eigenvalue weighted by Crippen LogP contribution is -2.52. The highest BCUT2D eigenvalue weighted by Crippen LogP contribution is 2.39. The second kappa shape index (κ2) is 3.62. The summed E-state index contributed by atoms with van der Waals surface area (Å²) < 4.78 is 5.85. The normalized spacial score (nSPS) is 22.8. The van der Waals surface area contributed by atoms with Gasteiger partial charge in [0.2, 0.25) is 0 Å². The largest absolute Gasteiger partial charge is 0.489 e. The van der Waals surface area contributed by atoms with Crippen molar-refractivity contribution < 1.29 is 9.53 Å². The van der Waals surface area contributed by atoms with Crippen LogP contribution in [0.15, 0.2) is 18.2 Å². The van der Waals surface area contributed by atoms with Gasteiger partial charge in [0.25, 0.3) is 0 Å². The number of rotatable bonds is 2. The van der Waals surface area contributed by atoms with E-state index in [1.807, 2.05) is 26.0 Å². The van der Waals surface area contributed by atoms with Crippen LogP contribution in [0.25, 0.3) is 0 Å². The van der Waals surface area contributed by atoms with Crippen molar-refractivity contribution >= 4 is 5.78 Å². The maximum absolute atomic E-state index is 11.4. The van der Waals surface area contributed by atoms with Crippen molar-refractivity contribution in [2.24, 2.45) is 5.41 Å². The summed E-state index contributed by atoms with van der Waals surface area (Å²) in [6.45, 7) is 8.05.